The van der Waals surface area contributed by atoms with Crippen LogP contribution in [0, 0.1) is 5.92 Å². The molecule has 1 aliphatic rings. The van der Waals surface area contributed by atoms with E-state index in [1.54, 1.807) is 12.1 Å². The average molecular weight is 400 g/mol. The van der Waals surface area contributed by atoms with Crippen molar-refractivity contribution in [2.75, 3.05) is 4.42 Å². The lowest BCUT2D eigenvalue weighted by molar-refractivity contribution is -0.124. The Morgan fingerprint density at radius 1 is 1.17 bits per heavy atom. The van der Waals surface area contributed by atoms with Gasteiger partial charge in [0, 0.05) is 41.4 Å². The molecule has 128 valence electrons. The second-order valence-corrected chi connectivity index (χ2v) is 6.56. The Bertz CT molecular complexity index is 548. The number of benzene rings is 1. The van der Waals surface area contributed by atoms with Gasteiger partial charge >= 0.3 is 0 Å². The number of nitrogens with zero attached hydrogens (tertiary/aromatic N) is 1. The summed E-state index contributed by atoms with van der Waals surface area (Å²) in [6, 6.07) is 4.72. The van der Waals surface area contributed by atoms with E-state index in [9.17, 15) is 9.59 Å². The van der Waals surface area contributed by atoms with Gasteiger partial charge in [0.25, 0.3) is 0 Å². The molecular formula is C15H18Cl4N2O2. The average Bonchev–Trinajstić information content (AvgIpc) is 2.55. The highest BCUT2D eigenvalue weighted by atomic mass is 35.5. The van der Waals surface area contributed by atoms with E-state index in [1.165, 1.54) is 32.3 Å². The minimum atomic E-state index is -0.300. The van der Waals surface area contributed by atoms with Crippen LogP contribution in [0.15, 0.2) is 18.2 Å². The lowest BCUT2D eigenvalue weighted by Crippen LogP contribution is -2.25. The number of hydrogen-bond acceptors (Lipinski definition) is 2. The largest absolute Gasteiger partial charge is 0.274 e. The zero-order chi connectivity index (χ0) is 17.4. The second-order valence-electron chi connectivity index (χ2n) is 5.19. The first-order chi connectivity index (χ1) is 10.9. The first-order valence-electron chi connectivity index (χ1n) is 7.18. The Kier molecular flexibility index (Phi) is 9.07. The molecule has 0 heterocycles. The van der Waals surface area contributed by atoms with Gasteiger partial charge in [-0.15, -0.1) is 0 Å². The van der Waals surface area contributed by atoms with E-state index >= 15 is 0 Å². The molecule has 1 fully saturated rings. The molecule has 1 aliphatic carbocycles. The third kappa shape index (κ3) is 6.76. The highest BCUT2D eigenvalue weighted by molar-refractivity contribution is 6.42. The van der Waals surface area contributed by atoms with Crippen LogP contribution < -0.4 is 9.25 Å². The van der Waals surface area contributed by atoms with E-state index in [0.29, 0.717) is 15.7 Å². The quantitative estimate of drug-likeness (QED) is 0.682. The van der Waals surface area contributed by atoms with Gasteiger partial charge in [-0.2, -0.15) is 0 Å². The van der Waals surface area contributed by atoms with E-state index in [0.717, 1.165) is 17.3 Å². The molecule has 0 atom stereocenters. The van der Waals surface area contributed by atoms with Crippen molar-refractivity contribution in [2.45, 2.75) is 39.0 Å². The molecule has 0 aliphatic heterocycles. The number of hydrogen-bond donors (Lipinski definition) is 1. The lowest BCUT2D eigenvalue weighted by Gasteiger charge is -2.18. The van der Waals surface area contributed by atoms with Gasteiger partial charge in [-0.05, 0) is 31.0 Å². The fourth-order valence-corrected chi connectivity index (χ4v) is 3.09. The summed E-state index contributed by atoms with van der Waals surface area (Å²) in [6.07, 6.45) is 5.65. The molecule has 1 saturated carbocycles. The van der Waals surface area contributed by atoms with Crippen LogP contribution in [0.4, 0.5) is 5.69 Å². The maximum Gasteiger partial charge on any atom is 0.238 e. The number of rotatable bonds is 2. The summed E-state index contributed by atoms with van der Waals surface area (Å²) in [5.74, 6) is -0.112. The molecular weight excluding hydrogens is 382 g/mol. The lowest BCUT2D eigenvalue weighted by atomic mass is 9.89. The molecule has 2 rings (SSSR count). The van der Waals surface area contributed by atoms with Gasteiger partial charge in [0.1, 0.15) is 0 Å². The topological polar surface area (TPSA) is 49.4 Å². The SMILES string of the molecule is CC(=O)N(Cl)c1ccc(Cl)cc1Cl.O=C(NCl)C1CCCCC1. The van der Waals surface area contributed by atoms with E-state index in [4.69, 9.17) is 46.8 Å². The van der Waals surface area contributed by atoms with Crippen LogP contribution in [-0.4, -0.2) is 11.8 Å². The number of amides is 2. The highest BCUT2D eigenvalue weighted by Gasteiger charge is 2.19. The second kappa shape index (κ2) is 10.2. The van der Waals surface area contributed by atoms with Gasteiger partial charge in [0.2, 0.25) is 11.8 Å². The molecule has 4 nitrogen and oxygen atoms in total. The van der Waals surface area contributed by atoms with E-state index in [-0.39, 0.29) is 17.7 Å². The predicted molar refractivity (Wildman–Crippen MR) is 96.0 cm³/mol. The van der Waals surface area contributed by atoms with Crippen LogP contribution in [0.25, 0.3) is 0 Å². The summed E-state index contributed by atoms with van der Waals surface area (Å²) in [7, 11) is 0. The maximum absolute atomic E-state index is 10.9. The number of nitrogens with one attached hydrogen (secondary N) is 1. The van der Waals surface area contributed by atoms with Crippen molar-refractivity contribution in [1.29, 1.82) is 0 Å². The highest BCUT2D eigenvalue weighted by Crippen LogP contribution is 2.29. The minimum Gasteiger partial charge on any atom is -0.274 e. The fourth-order valence-electron chi connectivity index (χ4n) is 2.25. The Labute approximate surface area is 156 Å². The van der Waals surface area contributed by atoms with Crippen LogP contribution >= 0.6 is 46.8 Å². The minimum absolute atomic E-state index is 0.00127. The van der Waals surface area contributed by atoms with E-state index in [2.05, 4.69) is 4.84 Å². The smallest absolute Gasteiger partial charge is 0.238 e. The first kappa shape index (κ1) is 20.4. The number of halogens is 4. The molecule has 1 N–H and O–H groups in total. The van der Waals surface area contributed by atoms with Crippen molar-refractivity contribution >= 4 is 64.3 Å². The van der Waals surface area contributed by atoms with Crippen LogP contribution in [0.1, 0.15) is 39.0 Å². The normalized spacial score (nSPS) is 14.5. The van der Waals surface area contributed by atoms with Crippen LogP contribution in [-0.2, 0) is 9.59 Å². The molecule has 8 heteroatoms. The Hall–Kier alpha value is -0.680. The van der Waals surface area contributed by atoms with Gasteiger partial charge in [0.15, 0.2) is 0 Å². The molecule has 2 amide bonds. The zero-order valence-electron chi connectivity index (χ0n) is 12.6. The summed E-state index contributed by atoms with van der Waals surface area (Å²) in [5.41, 5.74) is 0.431. The molecule has 0 unspecified atom stereocenters. The predicted octanol–water partition coefficient (Wildman–Crippen LogP) is 5.34. The van der Waals surface area contributed by atoms with Crippen molar-refractivity contribution in [3.63, 3.8) is 0 Å². The Balaban J connectivity index is 0.000000238. The third-order valence-corrected chi connectivity index (χ3v) is 4.61. The van der Waals surface area contributed by atoms with Crippen LogP contribution in [0.2, 0.25) is 10.0 Å². The molecule has 0 aromatic heterocycles. The third-order valence-electron chi connectivity index (χ3n) is 3.47. The number of anilines is 1. The Morgan fingerprint density at radius 3 is 2.26 bits per heavy atom. The summed E-state index contributed by atoms with van der Waals surface area (Å²) in [5, 5.41) is 0.847. The summed E-state index contributed by atoms with van der Waals surface area (Å²) >= 11 is 22.3. The molecule has 0 radical (unpaired) electrons. The maximum atomic E-state index is 10.9. The van der Waals surface area contributed by atoms with Crippen LogP contribution in [0.3, 0.4) is 0 Å². The van der Waals surface area contributed by atoms with Crippen molar-refractivity contribution in [1.82, 2.24) is 4.84 Å². The van der Waals surface area contributed by atoms with Crippen molar-refractivity contribution in [2.24, 2.45) is 5.92 Å². The van der Waals surface area contributed by atoms with Gasteiger partial charge in [0.05, 0.1) is 10.7 Å². The summed E-state index contributed by atoms with van der Waals surface area (Å²) in [4.78, 5) is 24.0. The standard InChI is InChI=1S/C8H6Cl3NO.C7H12ClNO/c1-5(13)12(11)8-3-2-6(9)4-7(8)10;8-9-7(10)6-4-2-1-3-5-6/h2-4H,1H3;6H,1-5H2,(H,9,10). The van der Waals surface area contributed by atoms with Crippen molar-refractivity contribution in [3.8, 4) is 0 Å². The van der Waals surface area contributed by atoms with Crippen LogP contribution in [0.5, 0.6) is 0 Å². The number of carbonyl (C=O) groups is 2. The molecule has 0 bridgehead atoms. The fraction of sp³-hybridized carbons (Fsp3) is 0.467. The number of carbonyl (C=O) groups excluding carboxylic acids is 2. The molecule has 0 spiro atoms. The summed E-state index contributed by atoms with van der Waals surface area (Å²) < 4.78 is 0.943. The monoisotopic (exact) mass is 398 g/mol. The zero-order valence-corrected chi connectivity index (χ0v) is 15.6. The van der Waals surface area contributed by atoms with E-state index < -0.39 is 0 Å². The van der Waals surface area contributed by atoms with Crippen molar-refractivity contribution in [3.05, 3.63) is 28.2 Å². The van der Waals surface area contributed by atoms with Crippen molar-refractivity contribution < 1.29 is 9.59 Å². The van der Waals surface area contributed by atoms with Gasteiger partial charge in [-0.3, -0.25) is 14.4 Å². The summed E-state index contributed by atoms with van der Waals surface area (Å²) in [6.45, 7) is 1.35. The van der Waals surface area contributed by atoms with Gasteiger partial charge < -0.3 is 0 Å². The van der Waals surface area contributed by atoms with E-state index in [1.807, 2.05) is 0 Å². The molecule has 1 aromatic carbocycles. The van der Waals surface area contributed by atoms with Gasteiger partial charge in [-0.25, -0.2) is 4.42 Å². The first-order valence-corrected chi connectivity index (χ1v) is 8.66. The van der Waals surface area contributed by atoms with Gasteiger partial charge in [-0.1, -0.05) is 42.5 Å². The molecule has 1 aromatic rings. The Morgan fingerprint density at radius 2 is 1.78 bits per heavy atom. The molecule has 23 heavy (non-hydrogen) atoms. The molecule has 0 saturated heterocycles.